The molecule has 3 rings (SSSR count). The summed E-state index contributed by atoms with van der Waals surface area (Å²) >= 11 is 0. The topological polar surface area (TPSA) is 114 Å². The normalized spacial score (nSPS) is 27.3. The van der Waals surface area contributed by atoms with Crippen LogP contribution in [0.3, 0.4) is 0 Å². The third-order valence-electron chi connectivity index (χ3n) is 4.89. The van der Waals surface area contributed by atoms with Crippen molar-refractivity contribution in [1.29, 1.82) is 0 Å². The van der Waals surface area contributed by atoms with E-state index in [0.717, 1.165) is 29.2 Å². The fourth-order valence-electron chi connectivity index (χ4n) is 3.53. The second kappa shape index (κ2) is 6.64. The highest BCUT2D eigenvalue weighted by atomic mass is 16.4. The number of aliphatic carboxylic acids is 1. The van der Waals surface area contributed by atoms with E-state index in [1.54, 1.807) is 6.20 Å². The molecule has 0 bridgehead atoms. The van der Waals surface area contributed by atoms with Gasteiger partial charge in [0.1, 0.15) is 5.82 Å². The van der Waals surface area contributed by atoms with Gasteiger partial charge in [0.25, 0.3) is 0 Å². The smallest absolute Gasteiger partial charge is 0.407 e. The molecule has 1 aromatic rings. The molecule has 130 valence electrons. The summed E-state index contributed by atoms with van der Waals surface area (Å²) in [5, 5.41) is 28.1. The van der Waals surface area contributed by atoms with Crippen LogP contribution in [0.1, 0.15) is 24.3 Å². The standard InChI is InChI=1S/C16H21N3O5/c20-11-3-5-18(8-11)14-2-1-10(7-17-14)12-4-6-19(16(23)24)9-13(12)15(21)22/h1-2,7,11-13,20H,3-6,8-9H2,(H,21,22)(H,23,24)/t11-,12-,13-/m0/s1. The Balaban J connectivity index is 1.75. The van der Waals surface area contributed by atoms with Crippen molar-refractivity contribution in [2.75, 3.05) is 31.1 Å². The van der Waals surface area contributed by atoms with Crippen LogP contribution < -0.4 is 4.90 Å². The van der Waals surface area contributed by atoms with Crippen LogP contribution in [0.4, 0.5) is 10.6 Å². The number of aliphatic hydroxyl groups is 1. The molecule has 0 unspecified atom stereocenters. The Morgan fingerprint density at radius 2 is 1.92 bits per heavy atom. The molecule has 3 heterocycles. The minimum absolute atomic E-state index is 0.00456. The summed E-state index contributed by atoms with van der Waals surface area (Å²) in [6.07, 6.45) is 1.45. The molecule has 3 atom stereocenters. The number of aromatic nitrogens is 1. The van der Waals surface area contributed by atoms with Gasteiger partial charge in [-0.25, -0.2) is 9.78 Å². The van der Waals surface area contributed by atoms with Gasteiger partial charge in [-0.3, -0.25) is 4.79 Å². The van der Waals surface area contributed by atoms with Crippen molar-refractivity contribution in [2.24, 2.45) is 5.92 Å². The average molecular weight is 335 g/mol. The molecule has 0 spiro atoms. The Kier molecular flexibility index (Phi) is 4.57. The molecule has 8 heteroatoms. The van der Waals surface area contributed by atoms with Gasteiger partial charge >= 0.3 is 12.1 Å². The lowest BCUT2D eigenvalue weighted by Crippen LogP contribution is -2.45. The fraction of sp³-hybridized carbons (Fsp3) is 0.562. The number of β-amino-alcohol motifs (C(OH)–C–C–N with tert-alkyl or cyclic N) is 1. The van der Waals surface area contributed by atoms with Crippen LogP contribution in [-0.4, -0.2) is 69.5 Å². The van der Waals surface area contributed by atoms with E-state index in [-0.39, 0.29) is 18.6 Å². The Hall–Kier alpha value is -2.35. The molecule has 2 aliphatic heterocycles. The number of aliphatic hydroxyl groups excluding tert-OH is 1. The molecule has 2 saturated heterocycles. The zero-order valence-corrected chi connectivity index (χ0v) is 13.2. The van der Waals surface area contributed by atoms with Crippen molar-refractivity contribution in [3.63, 3.8) is 0 Å². The van der Waals surface area contributed by atoms with Gasteiger partial charge in [0.05, 0.1) is 12.0 Å². The molecule has 24 heavy (non-hydrogen) atoms. The first-order chi connectivity index (χ1) is 11.5. The van der Waals surface area contributed by atoms with E-state index in [2.05, 4.69) is 4.98 Å². The second-order valence-corrected chi connectivity index (χ2v) is 6.41. The minimum atomic E-state index is -1.08. The first kappa shape index (κ1) is 16.5. The third kappa shape index (κ3) is 3.28. The predicted octanol–water partition coefficient (Wildman–Crippen LogP) is 0.821. The van der Waals surface area contributed by atoms with Gasteiger partial charge in [0.2, 0.25) is 0 Å². The number of carboxylic acids is 1. The van der Waals surface area contributed by atoms with Gasteiger partial charge in [-0.05, 0) is 24.5 Å². The van der Waals surface area contributed by atoms with Crippen LogP contribution in [-0.2, 0) is 4.79 Å². The molecule has 3 N–H and O–H groups in total. The average Bonchev–Trinajstić information content (AvgIpc) is 3.01. The van der Waals surface area contributed by atoms with E-state index < -0.39 is 18.0 Å². The third-order valence-corrected chi connectivity index (χ3v) is 4.89. The Labute approximate surface area is 139 Å². The molecule has 2 fully saturated rings. The van der Waals surface area contributed by atoms with Gasteiger partial charge in [-0.1, -0.05) is 6.07 Å². The van der Waals surface area contributed by atoms with E-state index in [9.17, 15) is 19.8 Å². The monoisotopic (exact) mass is 335 g/mol. The van der Waals surface area contributed by atoms with Crippen molar-refractivity contribution in [2.45, 2.75) is 24.9 Å². The molecular formula is C16H21N3O5. The molecule has 0 aromatic carbocycles. The highest BCUT2D eigenvalue weighted by molar-refractivity contribution is 5.74. The van der Waals surface area contributed by atoms with Crippen molar-refractivity contribution >= 4 is 17.9 Å². The number of hydrogen-bond acceptors (Lipinski definition) is 5. The van der Waals surface area contributed by atoms with E-state index >= 15 is 0 Å². The molecule has 1 aromatic heterocycles. The van der Waals surface area contributed by atoms with E-state index in [1.807, 2.05) is 17.0 Å². The van der Waals surface area contributed by atoms with Crippen molar-refractivity contribution in [3.05, 3.63) is 23.9 Å². The molecule has 0 aliphatic carbocycles. The first-order valence-electron chi connectivity index (χ1n) is 8.05. The summed E-state index contributed by atoms with van der Waals surface area (Å²) in [5.74, 6) is -1.23. The van der Waals surface area contributed by atoms with Crippen LogP contribution in [0.2, 0.25) is 0 Å². The number of rotatable bonds is 3. The first-order valence-corrected chi connectivity index (χ1v) is 8.05. The lowest BCUT2D eigenvalue weighted by Gasteiger charge is -2.35. The van der Waals surface area contributed by atoms with Crippen LogP contribution in [0.15, 0.2) is 18.3 Å². The molecule has 1 amide bonds. The number of hydrogen-bond donors (Lipinski definition) is 3. The summed E-state index contributed by atoms with van der Waals surface area (Å²) < 4.78 is 0. The minimum Gasteiger partial charge on any atom is -0.481 e. The molecular weight excluding hydrogens is 314 g/mol. The maximum Gasteiger partial charge on any atom is 0.407 e. The van der Waals surface area contributed by atoms with Gasteiger partial charge < -0.3 is 25.1 Å². The number of carbonyl (C=O) groups is 2. The van der Waals surface area contributed by atoms with Gasteiger partial charge in [0.15, 0.2) is 0 Å². The SMILES string of the molecule is O=C(O)[C@H]1CN(C(=O)O)CC[C@H]1c1ccc(N2CC[C@H](O)C2)nc1. The molecule has 0 radical (unpaired) electrons. The Morgan fingerprint density at radius 3 is 2.46 bits per heavy atom. The lowest BCUT2D eigenvalue weighted by atomic mass is 9.81. The summed E-state index contributed by atoms with van der Waals surface area (Å²) in [4.78, 5) is 30.2. The maximum absolute atomic E-state index is 11.5. The summed E-state index contributed by atoms with van der Waals surface area (Å²) in [6, 6.07) is 3.71. The van der Waals surface area contributed by atoms with Crippen molar-refractivity contribution in [1.82, 2.24) is 9.88 Å². The largest absolute Gasteiger partial charge is 0.481 e. The van der Waals surface area contributed by atoms with E-state index in [0.29, 0.717) is 19.5 Å². The number of nitrogens with zero attached hydrogens (tertiary/aromatic N) is 3. The zero-order valence-electron chi connectivity index (χ0n) is 13.2. The molecule has 8 nitrogen and oxygen atoms in total. The van der Waals surface area contributed by atoms with Crippen LogP contribution in [0, 0.1) is 5.92 Å². The van der Waals surface area contributed by atoms with Gasteiger partial charge in [-0.15, -0.1) is 0 Å². The van der Waals surface area contributed by atoms with E-state index in [4.69, 9.17) is 5.11 Å². The summed E-state index contributed by atoms with van der Waals surface area (Å²) in [7, 11) is 0. The number of anilines is 1. The van der Waals surface area contributed by atoms with Gasteiger partial charge in [-0.2, -0.15) is 0 Å². The highest BCUT2D eigenvalue weighted by Crippen LogP contribution is 2.33. The quantitative estimate of drug-likeness (QED) is 0.749. The predicted molar refractivity (Wildman–Crippen MR) is 85.2 cm³/mol. The van der Waals surface area contributed by atoms with Crippen molar-refractivity contribution in [3.8, 4) is 0 Å². The zero-order chi connectivity index (χ0) is 17.3. The number of likely N-dealkylation sites (tertiary alicyclic amines) is 1. The molecule has 0 saturated carbocycles. The maximum atomic E-state index is 11.5. The number of carboxylic acid groups (broad SMARTS) is 2. The van der Waals surface area contributed by atoms with Crippen LogP contribution >= 0.6 is 0 Å². The number of pyridine rings is 1. The summed E-state index contributed by atoms with van der Waals surface area (Å²) in [6.45, 7) is 1.63. The summed E-state index contributed by atoms with van der Waals surface area (Å²) in [5.41, 5.74) is 0.816. The number of piperidine rings is 1. The highest BCUT2D eigenvalue weighted by Gasteiger charge is 2.37. The molecule has 2 aliphatic rings. The lowest BCUT2D eigenvalue weighted by molar-refractivity contribution is -0.144. The number of amides is 1. The van der Waals surface area contributed by atoms with E-state index in [1.165, 1.54) is 0 Å². The van der Waals surface area contributed by atoms with Crippen LogP contribution in [0.25, 0.3) is 0 Å². The fourth-order valence-corrected chi connectivity index (χ4v) is 3.53. The van der Waals surface area contributed by atoms with Gasteiger partial charge in [0, 0.05) is 38.3 Å². The van der Waals surface area contributed by atoms with Crippen molar-refractivity contribution < 1.29 is 24.9 Å². The van der Waals surface area contributed by atoms with Crippen LogP contribution in [0.5, 0.6) is 0 Å². The Bertz CT molecular complexity index is 621. The second-order valence-electron chi connectivity index (χ2n) is 6.41. The Morgan fingerprint density at radius 1 is 1.12 bits per heavy atom.